The van der Waals surface area contributed by atoms with Gasteiger partial charge in [0, 0.05) is 49.0 Å². The topological polar surface area (TPSA) is 101 Å². The van der Waals surface area contributed by atoms with E-state index in [1.807, 2.05) is 45.2 Å². The van der Waals surface area contributed by atoms with Crippen LogP contribution in [-0.4, -0.2) is 47.2 Å². The van der Waals surface area contributed by atoms with Crippen LogP contribution in [0.1, 0.15) is 57.6 Å². The number of hydrogen-bond acceptors (Lipinski definition) is 7. The standard InChI is InChI=1S/C25H30N6O3.C2H6/c1-16-14-27-25(30-10-4-3-5-11-30)29-23(16)28-18-6-9-20-17(12-18)13-21(34-15-22(32)26-2)24(33)31(20)19-7-8-19;1-2/h6,9,12-14,19H,3-5,7-8,10-11,15H2,1-2H3,(H,26,32)(H,27,28,29);1-2H3. The number of aryl methyl sites for hydroxylation is 1. The minimum absolute atomic E-state index is 0.175. The summed E-state index contributed by atoms with van der Waals surface area (Å²) in [6.07, 6.45) is 7.37. The Hall–Kier alpha value is -3.62. The Kier molecular flexibility index (Phi) is 8.07. The van der Waals surface area contributed by atoms with Crippen molar-refractivity contribution >= 4 is 34.3 Å². The Balaban J connectivity index is 0.00000148. The van der Waals surface area contributed by atoms with Crippen LogP contribution in [0, 0.1) is 6.92 Å². The maximum Gasteiger partial charge on any atom is 0.293 e. The highest BCUT2D eigenvalue weighted by atomic mass is 16.5. The fraction of sp³-hybridized carbons (Fsp3) is 0.481. The Bertz CT molecular complexity index is 1280. The van der Waals surface area contributed by atoms with E-state index in [9.17, 15) is 9.59 Å². The van der Waals surface area contributed by atoms with Gasteiger partial charge < -0.3 is 24.8 Å². The number of pyridine rings is 1. The summed E-state index contributed by atoms with van der Waals surface area (Å²) < 4.78 is 7.38. The van der Waals surface area contributed by atoms with Crippen molar-refractivity contribution in [2.75, 3.05) is 37.0 Å². The second-order valence-corrected chi connectivity index (χ2v) is 9.02. The Morgan fingerprint density at radius 1 is 1.14 bits per heavy atom. The molecule has 0 atom stereocenters. The van der Waals surface area contributed by atoms with E-state index in [0.29, 0.717) is 0 Å². The maximum absolute atomic E-state index is 13.0. The summed E-state index contributed by atoms with van der Waals surface area (Å²) in [6, 6.07) is 7.81. The first-order valence-corrected chi connectivity index (χ1v) is 12.9. The molecule has 1 aromatic carbocycles. The molecule has 2 aliphatic rings. The lowest BCUT2D eigenvalue weighted by molar-refractivity contribution is -0.122. The van der Waals surface area contributed by atoms with E-state index < -0.39 is 0 Å². The molecule has 1 aliphatic carbocycles. The number of aromatic nitrogens is 3. The molecule has 3 aromatic rings. The Morgan fingerprint density at radius 2 is 1.89 bits per heavy atom. The highest BCUT2D eigenvalue weighted by Crippen LogP contribution is 2.37. The first kappa shape index (κ1) is 25.5. The number of amides is 1. The van der Waals surface area contributed by atoms with Gasteiger partial charge in [-0.1, -0.05) is 13.8 Å². The number of benzene rings is 1. The normalized spacial score (nSPS) is 15.2. The third kappa shape index (κ3) is 5.61. The number of carbonyl (C=O) groups excluding carboxylic acids is 1. The Morgan fingerprint density at radius 3 is 2.58 bits per heavy atom. The summed E-state index contributed by atoms with van der Waals surface area (Å²) in [6.45, 7) is 7.75. The molecule has 192 valence electrons. The summed E-state index contributed by atoms with van der Waals surface area (Å²) in [7, 11) is 1.54. The van der Waals surface area contributed by atoms with Crippen LogP contribution in [0.15, 0.2) is 35.3 Å². The smallest absolute Gasteiger partial charge is 0.293 e. The van der Waals surface area contributed by atoms with E-state index in [1.54, 1.807) is 17.7 Å². The highest BCUT2D eigenvalue weighted by molar-refractivity contribution is 5.85. The zero-order valence-electron chi connectivity index (χ0n) is 21.6. The largest absolute Gasteiger partial charge is 0.478 e. The SMILES string of the molecule is CC.CNC(=O)COc1cc2cc(Nc3nc(N4CCCCC4)ncc3C)ccc2n(C2CC2)c1=O. The summed E-state index contributed by atoms with van der Waals surface area (Å²) in [5, 5.41) is 6.81. The minimum Gasteiger partial charge on any atom is -0.478 e. The van der Waals surface area contributed by atoms with Crippen molar-refractivity contribution in [3.8, 4) is 5.75 Å². The van der Waals surface area contributed by atoms with Crippen LogP contribution >= 0.6 is 0 Å². The third-order valence-electron chi connectivity index (χ3n) is 6.41. The average Bonchev–Trinajstić information content (AvgIpc) is 3.75. The predicted octanol–water partition coefficient (Wildman–Crippen LogP) is 4.32. The van der Waals surface area contributed by atoms with Gasteiger partial charge in [-0.2, -0.15) is 4.98 Å². The number of nitrogens with zero attached hydrogens (tertiary/aromatic N) is 4. The molecule has 2 N–H and O–H groups in total. The molecule has 1 aliphatic heterocycles. The van der Waals surface area contributed by atoms with Crippen LogP contribution < -0.4 is 25.8 Å². The van der Waals surface area contributed by atoms with Crippen molar-refractivity contribution in [3.63, 3.8) is 0 Å². The monoisotopic (exact) mass is 492 g/mol. The summed E-state index contributed by atoms with van der Waals surface area (Å²) >= 11 is 0. The van der Waals surface area contributed by atoms with Crippen LogP contribution in [0.2, 0.25) is 0 Å². The number of fused-ring (bicyclic) bond motifs is 1. The first-order chi connectivity index (χ1) is 17.5. The average molecular weight is 493 g/mol. The molecule has 1 saturated heterocycles. The van der Waals surface area contributed by atoms with Crippen molar-refractivity contribution in [3.05, 3.63) is 46.4 Å². The van der Waals surface area contributed by atoms with Crippen LogP contribution in [0.3, 0.4) is 0 Å². The molecule has 36 heavy (non-hydrogen) atoms. The quantitative estimate of drug-likeness (QED) is 0.506. The van der Waals surface area contributed by atoms with Crippen molar-refractivity contribution in [2.45, 2.75) is 58.9 Å². The van der Waals surface area contributed by atoms with E-state index in [-0.39, 0.29) is 29.9 Å². The molecule has 0 unspecified atom stereocenters. The summed E-state index contributed by atoms with van der Waals surface area (Å²) in [5.41, 5.74) is 2.48. The highest BCUT2D eigenvalue weighted by Gasteiger charge is 2.28. The number of likely N-dealkylation sites (N-methyl/N-ethyl adjacent to an activating group) is 1. The number of ether oxygens (including phenoxy) is 1. The molecule has 0 bridgehead atoms. The summed E-state index contributed by atoms with van der Waals surface area (Å²) in [5.74, 6) is 1.42. The van der Waals surface area contributed by atoms with Crippen molar-refractivity contribution < 1.29 is 9.53 Å². The van der Waals surface area contributed by atoms with Crippen LogP contribution in [0.5, 0.6) is 5.75 Å². The zero-order valence-corrected chi connectivity index (χ0v) is 21.6. The number of hydrogen-bond donors (Lipinski definition) is 2. The molecule has 1 amide bonds. The summed E-state index contributed by atoms with van der Waals surface area (Å²) in [4.78, 5) is 36.3. The van der Waals surface area contributed by atoms with Gasteiger partial charge in [0.1, 0.15) is 5.82 Å². The van der Waals surface area contributed by atoms with Crippen LogP contribution in [0.25, 0.3) is 10.9 Å². The fourth-order valence-electron chi connectivity index (χ4n) is 4.35. The van der Waals surface area contributed by atoms with Gasteiger partial charge >= 0.3 is 0 Å². The predicted molar refractivity (Wildman–Crippen MR) is 144 cm³/mol. The fourth-order valence-corrected chi connectivity index (χ4v) is 4.35. The van der Waals surface area contributed by atoms with Crippen LogP contribution in [-0.2, 0) is 4.79 Å². The van der Waals surface area contributed by atoms with Gasteiger partial charge in [0.05, 0.1) is 5.52 Å². The molecule has 1 saturated carbocycles. The minimum atomic E-state index is -0.281. The molecular formula is C27H36N6O3. The van der Waals surface area contributed by atoms with Gasteiger partial charge in [-0.15, -0.1) is 0 Å². The van der Waals surface area contributed by atoms with Gasteiger partial charge in [0.25, 0.3) is 11.5 Å². The number of rotatable bonds is 7. The van der Waals surface area contributed by atoms with E-state index >= 15 is 0 Å². The van der Waals surface area contributed by atoms with E-state index in [1.165, 1.54) is 6.42 Å². The zero-order chi connectivity index (χ0) is 25.7. The van der Waals surface area contributed by atoms with Crippen molar-refractivity contribution in [1.29, 1.82) is 0 Å². The van der Waals surface area contributed by atoms with Crippen LogP contribution in [0.4, 0.5) is 17.5 Å². The lowest BCUT2D eigenvalue weighted by Gasteiger charge is -2.27. The number of carbonyl (C=O) groups is 1. The lowest BCUT2D eigenvalue weighted by atomic mass is 10.1. The van der Waals surface area contributed by atoms with Crippen molar-refractivity contribution in [1.82, 2.24) is 19.9 Å². The number of anilines is 3. The molecule has 5 rings (SSSR count). The molecule has 9 heteroatoms. The molecular weight excluding hydrogens is 456 g/mol. The van der Waals surface area contributed by atoms with Crippen molar-refractivity contribution in [2.24, 2.45) is 0 Å². The molecule has 2 aromatic heterocycles. The molecule has 9 nitrogen and oxygen atoms in total. The molecule has 2 fully saturated rings. The van der Waals surface area contributed by atoms with Gasteiger partial charge in [-0.05, 0) is 63.3 Å². The second-order valence-electron chi connectivity index (χ2n) is 9.02. The second kappa shape index (κ2) is 11.4. The van der Waals surface area contributed by atoms with Gasteiger partial charge in [0.2, 0.25) is 5.95 Å². The van der Waals surface area contributed by atoms with E-state index in [4.69, 9.17) is 9.72 Å². The van der Waals surface area contributed by atoms with Gasteiger partial charge in [0.15, 0.2) is 12.4 Å². The lowest BCUT2D eigenvalue weighted by Crippen LogP contribution is -2.31. The number of piperidine rings is 1. The first-order valence-electron chi connectivity index (χ1n) is 12.9. The molecule has 0 spiro atoms. The molecule has 0 radical (unpaired) electrons. The molecule has 3 heterocycles. The Labute approximate surface area is 211 Å². The van der Waals surface area contributed by atoms with E-state index in [2.05, 4.69) is 20.5 Å². The maximum atomic E-state index is 13.0. The van der Waals surface area contributed by atoms with Gasteiger partial charge in [-0.25, -0.2) is 4.98 Å². The third-order valence-corrected chi connectivity index (χ3v) is 6.41. The number of nitrogens with one attached hydrogen (secondary N) is 2. The van der Waals surface area contributed by atoms with E-state index in [0.717, 1.165) is 72.7 Å². The van der Waals surface area contributed by atoms with Gasteiger partial charge in [-0.3, -0.25) is 9.59 Å².